The quantitative estimate of drug-likeness (QED) is 0.829. The van der Waals surface area contributed by atoms with E-state index in [4.69, 9.17) is 0 Å². The number of ketones is 1. The van der Waals surface area contributed by atoms with Crippen LogP contribution >= 0.6 is 0 Å². The van der Waals surface area contributed by atoms with E-state index in [1.165, 1.54) is 12.0 Å². The van der Waals surface area contributed by atoms with Crippen LogP contribution in [0.15, 0.2) is 30.3 Å². The van der Waals surface area contributed by atoms with E-state index in [0.29, 0.717) is 17.1 Å². The molecule has 3 atom stereocenters. The van der Waals surface area contributed by atoms with Crippen LogP contribution in [0, 0.1) is 16.7 Å². The highest BCUT2D eigenvalue weighted by Gasteiger charge is 2.54. The molecular weight excluding hydrogens is 270 g/mol. The number of benzene rings is 1. The molecule has 0 aromatic heterocycles. The molecule has 0 radical (unpaired) electrons. The Hall–Kier alpha value is -1.15. The van der Waals surface area contributed by atoms with Crippen LogP contribution < -0.4 is 0 Å². The number of nitrogens with zero attached hydrogens (tertiary/aromatic N) is 1. The van der Waals surface area contributed by atoms with Crippen LogP contribution in [0.2, 0.25) is 0 Å². The predicted octanol–water partition coefficient (Wildman–Crippen LogP) is 4.29. The summed E-state index contributed by atoms with van der Waals surface area (Å²) in [5, 5.41) is 0. The number of likely N-dealkylation sites (tertiary alicyclic amines) is 1. The van der Waals surface area contributed by atoms with Crippen LogP contribution in [0.25, 0.3) is 0 Å². The van der Waals surface area contributed by atoms with Gasteiger partial charge in [0.25, 0.3) is 0 Å². The molecule has 0 amide bonds. The Morgan fingerprint density at radius 3 is 2.64 bits per heavy atom. The Morgan fingerprint density at radius 1 is 1.23 bits per heavy atom. The zero-order valence-corrected chi connectivity index (χ0v) is 14.3. The third-order valence-electron chi connectivity index (χ3n) is 6.47. The van der Waals surface area contributed by atoms with E-state index in [9.17, 15) is 4.79 Å². The van der Waals surface area contributed by atoms with Crippen molar-refractivity contribution in [3.8, 4) is 0 Å². The fourth-order valence-electron chi connectivity index (χ4n) is 5.00. The molecule has 2 nitrogen and oxygen atoms in total. The number of hydrogen-bond acceptors (Lipinski definition) is 2. The zero-order valence-electron chi connectivity index (χ0n) is 14.3. The summed E-state index contributed by atoms with van der Waals surface area (Å²) in [6.07, 6.45) is 4.00. The van der Waals surface area contributed by atoms with Gasteiger partial charge in [0.15, 0.2) is 0 Å². The minimum Gasteiger partial charge on any atom is -0.299 e. The van der Waals surface area contributed by atoms with Gasteiger partial charge in [0, 0.05) is 24.9 Å². The Bertz CT molecular complexity index is 540. The fourth-order valence-corrected chi connectivity index (χ4v) is 5.00. The van der Waals surface area contributed by atoms with Gasteiger partial charge in [-0.3, -0.25) is 9.69 Å². The number of hydrogen-bond donors (Lipinski definition) is 0. The molecule has 0 bridgehead atoms. The topological polar surface area (TPSA) is 20.3 Å². The average molecular weight is 299 g/mol. The maximum atomic E-state index is 12.5. The third kappa shape index (κ3) is 2.62. The highest BCUT2D eigenvalue weighted by Crippen LogP contribution is 2.54. The van der Waals surface area contributed by atoms with E-state index in [1.54, 1.807) is 0 Å². The summed E-state index contributed by atoms with van der Waals surface area (Å²) in [6.45, 7) is 10.1. The first-order chi connectivity index (χ1) is 10.5. The number of Topliss-reactive ketones (excluding diaryl/α,β-unsaturated/α-hetero) is 1. The Morgan fingerprint density at radius 2 is 1.95 bits per heavy atom. The van der Waals surface area contributed by atoms with Crippen molar-refractivity contribution < 1.29 is 4.79 Å². The molecule has 0 spiro atoms. The molecule has 2 fully saturated rings. The van der Waals surface area contributed by atoms with E-state index < -0.39 is 0 Å². The molecule has 1 aromatic rings. The van der Waals surface area contributed by atoms with Crippen LogP contribution in [0.1, 0.15) is 52.0 Å². The Labute approximate surface area is 134 Å². The first-order valence-electron chi connectivity index (χ1n) is 8.77. The second-order valence-electron chi connectivity index (χ2n) is 7.89. The van der Waals surface area contributed by atoms with Gasteiger partial charge in [-0.2, -0.15) is 0 Å². The van der Waals surface area contributed by atoms with Crippen LogP contribution in [0.5, 0.6) is 0 Å². The SMILES string of the molecule is CC[C@]1(C)C(=O)CC[C@@]2(C)CN(Cc3ccccc3)CC[C@@H]21. The number of carbonyl (C=O) groups excluding carboxylic acids is 1. The van der Waals surface area contributed by atoms with Crippen molar-refractivity contribution in [3.05, 3.63) is 35.9 Å². The third-order valence-corrected chi connectivity index (χ3v) is 6.47. The van der Waals surface area contributed by atoms with Crippen LogP contribution in [0.4, 0.5) is 0 Å². The van der Waals surface area contributed by atoms with Crippen molar-refractivity contribution >= 4 is 5.78 Å². The van der Waals surface area contributed by atoms with Gasteiger partial charge in [0.05, 0.1) is 0 Å². The summed E-state index contributed by atoms with van der Waals surface area (Å²) < 4.78 is 0. The number of carbonyl (C=O) groups is 1. The summed E-state index contributed by atoms with van der Waals surface area (Å²) in [5.74, 6) is 1.06. The van der Waals surface area contributed by atoms with Crippen LogP contribution in [-0.2, 0) is 11.3 Å². The van der Waals surface area contributed by atoms with Crippen molar-refractivity contribution in [1.82, 2.24) is 4.90 Å². The van der Waals surface area contributed by atoms with Gasteiger partial charge in [-0.1, -0.05) is 51.1 Å². The Kier molecular flexibility index (Phi) is 4.15. The molecule has 3 rings (SSSR count). The standard InChI is InChI=1S/C20H29NO/c1-4-20(3)17-11-13-21(14-16-8-6-5-7-9-16)15-19(17,2)12-10-18(20)22/h5-9,17H,4,10-15H2,1-3H3/t17-,19-,20-/m0/s1. The molecular formula is C20H29NO. The lowest BCUT2D eigenvalue weighted by molar-refractivity contribution is -0.148. The van der Waals surface area contributed by atoms with Gasteiger partial charge in [-0.05, 0) is 42.7 Å². The Balaban J connectivity index is 1.76. The lowest BCUT2D eigenvalue weighted by Gasteiger charge is -2.56. The van der Waals surface area contributed by atoms with Crippen LogP contribution in [0.3, 0.4) is 0 Å². The van der Waals surface area contributed by atoms with Gasteiger partial charge < -0.3 is 0 Å². The molecule has 0 N–H and O–H groups in total. The average Bonchev–Trinajstić information content (AvgIpc) is 2.52. The van der Waals surface area contributed by atoms with Gasteiger partial charge >= 0.3 is 0 Å². The molecule has 1 saturated heterocycles. The molecule has 120 valence electrons. The number of piperidine rings is 1. The molecule has 1 aliphatic carbocycles. The van der Waals surface area contributed by atoms with Crippen LogP contribution in [-0.4, -0.2) is 23.8 Å². The smallest absolute Gasteiger partial charge is 0.139 e. The second-order valence-corrected chi connectivity index (χ2v) is 7.89. The molecule has 2 aliphatic rings. The molecule has 1 heterocycles. The highest BCUT2D eigenvalue weighted by molar-refractivity contribution is 5.85. The van der Waals surface area contributed by atoms with Gasteiger partial charge in [0.1, 0.15) is 5.78 Å². The van der Waals surface area contributed by atoms with E-state index in [2.05, 4.69) is 56.0 Å². The normalized spacial score (nSPS) is 36.1. The lowest BCUT2D eigenvalue weighted by Crippen LogP contribution is -2.57. The first kappa shape index (κ1) is 15.7. The predicted molar refractivity (Wildman–Crippen MR) is 90.6 cm³/mol. The second kappa shape index (κ2) is 5.81. The highest BCUT2D eigenvalue weighted by atomic mass is 16.1. The minimum absolute atomic E-state index is 0.0914. The minimum atomic E-state index is -0.0914. The monoisotopic (exact) mass is 299 g/mol. The summed E-state index contributed by atoms with van der Waals surface area (Å²) in [6, 6.07) is 10.8. The molecule has 1 aromatic carbocycles. The number of rotatable bonds is 3. The number of fused-ring (bicyclic) bond motifs is 1. The maximum absolute atomic E-state index is 12.5. The summed E-state index contributed by atoms with van der Waals surface area (Å²) in [7, 11) is 0. The fraction of sp³-hybridized carbons (Fsp3) is 0.650. The molecule has 0 unspecified atom stereocenters. The summed E-state index contributed by atoms with van der Waals surface area (Å²) >= 11 is 0. The summed E-state index contributed by atoms with van der Waals surface area (Å²) in [5.41, 5.74) is 1.60. The van der Waals surface area contributed by atoms with Crippen molar-refractivity contribution in [2.75, 3.05) is 13.1 Å². The van der Waals surface area contributed by atoms with Gasteiger partial charge in [-0.15, -0.1) is 0 Å². The lowest BCUT2D eigenvalue weighted by atomic mass is 9.52. The maximum Gasteiger partial charge on any atom is 0.139 e. The van der Waals surface area contributed by atoms with Crippen molar-refractivity contribution in [3.63, 3.8) is 0 Å². The van der Waals surface area contributed by atoms with E-state index in [-0.39, 0.29) is 5.41 Å². The van der Waals surface area contributed by atoms with E-state index in [0.717, 1.165) is 38.9 Å². The molecule has 1 saturated carbocycles. The van der Waals surface area contributed by atoms with Crippen molar-refractivity contribution in [2.24, 2.45) is 16.7 Å². The van der Waals surface area contributed by atoms with Gasteiger partial charge in [-0.25, -0.2) is 0 Å². The van der Waals surface area contributed by atoms with Crippen molar-refractivity contribution in [2.45, 2.75) is 53.0 Å². The summed E-state index contributed by atoms with van der Waals surface area (Å²) in [4.78, 5) is 15.1. The van der Waals surface area contributed by atoms with E-state index in [1.807, 2.05) is 0 Å². The van der Waals surface area contributed by atoms with Crippen molar-refractivity contribution in [1.29, 1.82) is 0 Å². The molecule has 1 aliphatic heterocycles. The molecule has 2 heteroatoms. The largest absolute Gasteiger partial charge is 0.299 e. The first-order valence-corrected chi connectivity index (χ1v) is 8.77. The molecule has 22 heavy (non-hydrogen) atoms. The van der Waals surface area contributed by atoms with Gasteiger partial charge in [0.2, 0.25) is 0 Å². The zero-order chi connectivity index (χ0) is 15.8. The van der Waals surface area contributed by atoms with E-state index >= 15 is 0 Å².